The van der Waals surface area contributed by atoms with Crippen LogP contribution in [0.1, 0.15) is 109 Å². The minimum atomic E-state index is -0.822. The summed E-state index contributed by atoms with van der Waals surface area (Å²) in [6.45, 7) is 10.6. The van der Waals surface area contributed by atoms with E-state index < -0.39 is 23.3 Å². The summed E-state index contributed by atoms with van der Waals surface area (Å²) >= 11 is 7.43. The van der Waals surface area contributed by atoms with E-state index in [1.807, 2.05) is 32.0 Å². The van der Waals surface area contributed by atoms with Crippen LogP contribution in [0.5, 0.6) is 0 Å². The van der Waals surface area contributed by atoms with E-state index in [-0.39, 0.29) is 5.91 Å². The molecule has 0 radical (unpaired) electrons. The van der Waals surface area contributed by atoms with Gasteiger partial charge in [0.1, 0.15) is 0 Å². The first-order valence-electron chi connectivity index (χ1n) is 12.1. The second-order valence-electron chi connectivity index (χ2n) is 9.54. The molecule has 1 fully saturated rings. The molecule has 1 aromatic carbocycles. The minimum absolute atomic E-state index is 0.211. The van der Waals surface area contributed by atoms with Crippen LogP contribution >= 0.6 is 11.6 Å². The highest BCUT2D eigenvalue weighted by Crippen LogP contribution is 2.51. The average molecular weight is 450 g/mol. The van der Waals surface area contributed by atoms with Gasteiger partial charge in [0.05, 0.1) is 16.1 Å². The standard InChI is InChI=1S/C25H41BClNO3/c1-6-8-10-15-19-25(27,20-16-11-9-7-2)24(5)23(3,4)30-26(31-24)28-22(29)21-17-13-12-14-18-21/h12-14,17-18H,6-11,15-16,19-20H2,1-5H3,(H,28,29). The molecule has 4 nitrogen and oxygen atoms in total. The Hall–Kier alpha value is -1.04. The number of benzene rings is 1. The van der Waals surface area contributed by atoms with Crippen LogP contribution in [0.4, 0.5) is 0 Å². The number of amides is 1. The van der Waals surface area contributed by atoms with E-state index in [0.29, 0.717) is 5.56 Å². The molecule has 2 rings (SSSR count). The van der Waals surface area contributed by atoms with Gasteiger partial charge in [-0.3, -0.25) is 4.79 Å². The van der Waals surface area contributed by atoms with Crippen molar-refractivity contribution in [1.82, 2.24) is 5.23 Å². The molecule has 0 spiro atoms. The van der Waals surface area contributed by atoms with E-state index in [0.717, 1.165) is 25.7 Å². The third-order valence-electron chi connectivity index (χ3n) is 6.89. The van der Waals surface area contributed by atoms with Crippen LogP contribution in [0.2, 0.25) is 0 Å². The summed E-state index contributed by atoms with van der Waals surface area (Å²) in [6.07, 6.45) is 11.1. The Labute approximate surface area is 195 Å². The summed E-state index contributed by atoms with van der Waals surface area (Å²) in [5, 5.41) is 2.89. The first kappa shape index (κ1) is 26.2. The van der Waals surface area contributed by atoms with E-state index in [4.69, 9.17) is 20.9 Å². The SMILES string of the molecule is CCCCCCC(Cl)(CCCCCC)C1(C)OB(NC(=O)c2ccccc2)OC1(C)C. The Morgan fingerprint density at radius 3 is 2.00 bits per heavy atom. The second kappa shape index (κ2) is 11.7. The lowest BCUT2D eigenvalue weighted by molar-refractivity contribution is -0.0483. The molecule has 1 saturated heterocycles. The fourth-order valence-corrected chi connectivity index (χ4v) is 5.05. The zero-order chi connectivity index (χ0) is 23.0. The lowest BCUT2D eigenvalue weighted by atomic mass is 9.71. The molecule has 0 aromatic heterocycles. The highest BCUT2D eigenvalue weighted by molar-refractivity contribution is 6.47. The second-order valence-corrected chi connectivity index (χ2v) is 10.3. The van der Waals surface area contributed by atoms with Gasteiger partial charge in [-0.2, -0.15) is 0 Å². The molecule has 0 bridgehead atoms. The van der Waals surface area contributed by atoms with Crippen LogP contribution in [-0.4, -0.2) is 29.2 Å². The molecule has 1 aliphatic rings. The highest BCUT2D eigenvalue weighted by atomic mass is 35.5. The number of unbranched alkanes of at least 4 members (excludes halogenated alkanes) is 6. The summed E-state index contributed by atoms with van der Waals surface area (Å²) in [6, 6.07) is 9.13. The van der Waals surface area contributed by atoms with Crippen molar-refractivity contribution in [3.05, 3.63) is 35.9 Å². The maximum absolute atomic E-state index is 12.7. The predicted molar refractivity (Wildman–Crippen MR) is 130 cm³/mol. The lowest BCUT2D eigenvalue weighted by Crippen LogP contribution is -2.59. The van der Waals surface area contributed by atoms with Crippen molar-refractivity contribution in [2.75, 3.05) is 0 Å². The van der Waals surface area contributed by atoms with Crippen LogP contribution in [0, 0.1) is 0 Å². The third-order valence-corrected chi connectivity index (χ3v) is 7.62. The van der Waals surface area contributed by atoms with Crippen LogP contribution in [0.25, 0.3) is 0 Å². The Morgan fingerprint density at radius 2 is 1.48 bits per heavy atom. The Balaban J connectivity index is 2.16. The summed E-state index contributed by atoms with van der Waals surface area (Å²) in [5.41, 5.74) is -0.787. The van der Waals surface area contributed by atoms with Gasteiger partial charge in [-0.15, -0.1) is 11.6 Å². The van der Waals surface area contributed by atoms with Gasteiger partial charge >= 0.3 is 7.25 Å². The smallest absolute Gasteiger partial charge is 0.384 e. The van der Waals surface area contributed by atoms with Crippen molar-refractivity contribution >= 4 is 24.8 Å². The predicted octanol–water partition coefficient (Wildman–Crippen LogP) is 6.90. The molecule has 1 amide bonds. The van der Waals surface area contributed by atoms with Gasteiger partial charge in [0.15, 0.2) is 0 Å². The van der Waals surface area contributed by atoms with Crippen molar-refractivity contribution in [3.63, 3.8) is 0 Å². The fraction of sp³-hybridized carbons (Fsp3) is 0.720. The van der Waals surface area contributed by atoms with Gasteiger partial charge in [-0.1, -0.05) is 83.4 Å². The molecule has 1 atom stereocenters. The van der Waals surface area contributed by atoms with Gasteiger partial charge < -0.3 is 14.5 Å². The number of alkyl halides is 1. The number of carbonyl (C=O) groups excluding carboxylic acids is 1. The first-order valence-corrected chi connectivity index (χ1v) is 12.5. The molecular formula is C25H41BClNO3. The minimum Gasteiger partial charge on any atom is -0.384 e. The average Bonchev–Trinajstić information content (AvgIpc) is 2.98. The van der Waals surface area contributed by atoms with Gasteiger partial charge in [-0.25, -0.2) is 0 Å². The maximum Gasteiger partial charge on any atom is 0.594 e. The normalized spacial score (nSPS) is 20.8. The molecule has 1 heterocycles. The van der Waals surface area contributed by atoms with Crippen molar-refractivity contribution in [2.24, 2.45) is 0 Å². The molecule has 174 valence electrons. The zero-order valence-corrected chi connectivity index (χ0v) is 20.9. The van der Waals surface area contributed by atoms with Crippen LogP contribution in [-0.2, 0) is 9.31 Å². The van der Waals surface area contributed by atoms with Crippen LogP contribution in [0.3, 0.4) is 0 Å². The fourth-order valence-electron chi connectivity index (χ4n) is 4.51. The van der Waals surface area contributed by atoms with E-state index in [2.05, 4.69) is 26.0 Å². The van der Waals surface area contributed by atoms with Crippen LogP contribution < -0.4 is 5.23 Å². The molecule has 1 N–H and O–H groups in total. The van der Waals surface area contributed by atoms with Gasteiger partial charge in [-0.05, 0) is 45.7 Å². The number of rotatable bonds is 13. The number of halogens is 1. The summed E-state index contributed by atoms with van der Waals surface area (Å²) < 4.78 is 12.7. The van der Waals surface area contributed by atoms with E-state index in [1.165, 1.54) is 38.5 Å². The quantitative estimate of drug-likeness (QED) is 0.202. The van der Waals surface area contributed by atoms with E-state index >= 15 is 0 Å². The van der Waals surface area contributed by atoms with Crippen molar-refractivity contribution in [1.29, 1.82) is 0 Å². The Bertz CT molecular complexity index is 673. The number of hydrogen-bond acceptors (Lipinski definition) is 3. The van der Waals surface area contributed by atoms with Gasteiger partial charge in [0.25, 0.3) is 0 Å². The zero-order valence-electron chi connectivity index (χ0n) is 20.1. The summed E-state index contributed by atoms with van der Waals surface area (Å²) in [7, 11) is -0.822. The van der Waals surface area contributed by atoms with Gasteiger partial charge in [0.2, 0.25) is 5.91 Å². The monoisotopic (exact) mass is 449 g/mol. The largest absolute Gasteiger partial charge is 0.594 e. The van der Waals surface area contributed by atoms with Gasteiger partial charge in [0, 0.05) is 5.56 Å². The van der Waals surface area contributed by atoms with E-state index in [1.54, 1.807) is 12.1 Å². The molecule has 0 aliphatic carbocycles. The van der Waals surface area contributed by atoms with Crippen molar-refractivity contribution < 1.29 is 14.1 Å². The number of nitrogens with one attached hydrogen (secondary N) is 1. The lowest BCUT2D eigenvalue weighted by Gasteiger charge is -2.48. The molecule has 6 heteroatoms. The summed E-state index contributed by atoms with van der Waals surface area (Å²) in [5.74, 6) is -0.211. The van der Waals surface area contributed by atoms with E-state index in [9.17, 15) is 4.79 Å². The summed E-state index contributed by atoms with van der Waals surface area (Å²) in [4.78, 5) is 12.1. The molecule has 31 heavy (non-hydrogen) atoms. The molecular weight excluding hydrogens is 409 g/mol. The molecule has 1 unspecified atom stereocenters. The van der Waals surface area contributed by atoms with Crippen molar-refractivity contribution in [2.45, 2.75) is 115 Å². The molecule has 0 saturated carbocycles. The van der Waals surface area contributed by atoms with Crippen LogP contribution in [0.15, 0.2) is 30.3 Å². The third kappa shape index (κ3) is 6.49. The maximum atomic E-state index is 12.7. The topological polar surface area (TPSA) is 47.6 Å². The Morgan fingerprint density at radius 1 is 0.935 bits per heavy atom. The number of carbonyl (C=O) groups is 1. The first-order chi connectivity index (χ1) is 14.7. The molecule has 1 aromatic rings. The highest BCUT2D eigenvalue weighted by Gasteiger charge is 2.64. The van der Waals surface area contributed by atoms with Crippen molar-refractivity contribution in [3.8, 4) is 0 Å². The Kier molecular flexibility index (Phi) is 9.91. The molecule has 1 aliphatic heterocycles. The number of hydrogen-bond donors (Lipinski definition) is 1.